The zero-order chi connectivity index (χ0) is 19.0. The summed E-state index contributed by atoms with van der Waals surface area (Å²) < 4.78 is 3.94. The van der Waals surface area contributed by atoms with Gasteiger partial charge in [0, 0.05) is 35.5 Å². The molecule has 4 rings (SSSR count). The van der Waals surface area contributed by atoms with Gasteiger partial charge in [-0.15, -0.1) is 0 Å². The quantitative estimate of drug-likeness (QED) is 0.595. The molecule has 0 aliphatic rings. The lowest BCUT2D eigenvalue weighted by Gasteiger charge is -2.09. The van der Waals surface area contributed by atoms with Crippen LogP contribution in [0.5, 0.6) is 0 Å². The third-order valence-corrected chi connectivity index (χ3v) is 4.71. The summed E-state index contributed by atoms with van der Waals surface area (Å²) >= 11 is 0. The topological polar surface area (TPSA) is 51.9 Å². The number of nitrogens with zero attached hydrogens (tertiary/aromatic N) is 3. The number of hydrogen-bond acceptors (Lipinski definition) is 2. The van der Waals surface area contributed by atoms with Gasteiger partial charge in [0.05, 0.1) is 17.8 Å². The minimum Gasteiger partial charge on any atom is -0.350 e. The van der Waals surface area contributed by atoms with E-state index in [1.807, 2.05) is 74.2 Å². The van der Waals surface area contributed by atoms with Crippen LogP contribution >= 0.6 is 0 Å². The Labute approximate surface area is 158 Å². The molecule has 5 nitrogen and oxygen atoms in total. The highest BCUT2D eigenvalue weighted by Gasteiger charge is 2.11. The number of fused-ring (bicyclic) bond motifs is 1. The van der Waals surface area contributed by atoms with Crippen LogP contribution in [0.2, 0.25) is 0 Å². The molecule has 0 saturated heterocycles. The second kappa shape index (κ2) is 6.76. The molecule has 0 saturated carbocycles. The Balaban J connectivity index is 1.55. The third-order valence-electron chi connectivity index (χ3n) is 4.71. The lowest BCUT2D eigenvalue weighted by atomic mass is 10.1. The number of benzene rings is 2. The summed E-state index contributed by atoms with van der Waals surface area (Å²) in [5, 5.41) is 8.64. The van der Waals surface area contributed by atoms with Crippen LogP contribution in [-0.4, -0.2) is 20.3 Å². The van der Waals surface area contributed by atoms with Crippen molar-refractivity contribution in [2.24, 2.45) is 7.05 Å². The average Bonchev–Trinajstić information content (AvgIpc) is 3.14. The second-order valence-electron chi connectivity index (χ2n) is 6.90. The van der Waals surface area contributed by atoms with Gasteiger partial charge >= 0.3 is 0 Å². The summed E-state index contributed by atoms with van der Waals surface area (Å²) in [6.07, 6.45) is 2.36. The lowest BCUT2D eigenvalue weighted by molar-refractivity contribution is -0.115. The molecule has 0 unspecified atom stereocenters. The molecule has 0 fully saturated rings. The highest BCUT2D eigenvalue weighted by Crippen LogP contribution is 2.22. The van der Waals surface area contributed by atoms with Crippen molar-refractivity contribution >= 4 is 22.5 Å². The first-order valence-electron chi connectivity index (χ1n) is 8.98. The summed E-state index contributed by atoms with van der Waals surface area (Å²) in [6.45, 7) is 3.99. The molecule has 0 bridgehead atoms. The molecule has 27 heavy (non-hydrogen) atoms. The average molecular weight is 358 g/mol. The maximum Gasteiger partial charge on any atom is 0.228 e. The molecule has 1 amide bonds. The van der Waals surface area contributed by atoms with Crippen LogP contribution in [-0.2, 0) is 18.3 Å². The Morgan fingerprint density at radius 3 is 2.67 bits per heavy atom. The van der Waals surface area contributed by atoms with Gasteiger partial charge in [-0.05, 0) is 49.7 Å². The molecule has 2 aromatic carbocycles. The van der Waals surface area contributed by atoms with E-state index in [-0.39, 0.29) is 5.91 Å². The Morgan fingerprint density at radius 2 is 1.89 bits per heavy atom. The molecule has 4 aromatic rings. The molecule has 0 spiro atoms. The van der Waals surface area contributed by atoms with Gasteiger partial charge in [-0.3, -0.25) is 4.79 Å². The number of carbonyl (C=O) groups is 1. The minimum atomic E-state index is -0.0307. The highest BCUT2D eigenvalue weighted by molar-refractivity contribution is 5.96. The van der Waals surface area contributed by atoms with E-state index in [4.69, 9.17) is 0 Å². The fourth-order valence-electron chi connectivity index (χ4n) is 3.55. The molecule has 1 N–H and O–H groups in total. The minimum absolute atomic E-state index is 0.0307. The van der Waals surface area contributed by atoms with Gasteiger partial charge < -0.3 is 9.88 Å². The standard InChI is InChI=1S/C22H22N4O/c1-15-11-16(2)26(24-15)19-8-6-7-18(13-19)23-22(27)12-17-14-25(3)21-10-5-4-9-20(17)21/h4-11,13-14H,12H2,1-3H3,(H,23,27). The van der Waals surface area contributed by atoms with E-state index in [0.717, 1.165) is 39.2 Å². The van der Waals surface area contributed by atoms with Crippen molar-refractivity contribution in [1.82, 2.24) is 14.3 Å². The normalized spacial score (nSPS) is 11.1. The number of anilines is 1. The van der Waals surface area contributed by atoms with E-state index in [2.05, 4.69) is 27.1 Å². The number of para-hydroxylation sites is 1. The second-order valence-corrected chi connectivity index (χ2v) is 6.90. The Kier molecular flexibility index (Phi) is 4.28. The third kappa shape index (κ3) is 3.36. The van der Waals surface area contributed by atoms with Crippen LogP contribution in [0.1, 0.15) is 17.0 Å². The number of hydrogen-bond donors (Lipinski definition) is 1. The number of carbonyl (C=O) groups excluding carboxylic acids is 1. The molecule has 2 aromatic heterocycles. The Morgan fingerprint density at radius 1 is 1.07 bits per heavy atom. The van der Waals surface area contributed by atoms with Gasteiger partial charge in [0.2, 0.25) is 5.91 Å². The van der Waals surface area contributed by atoms with Crippen LogP contribution in [0.4, 0.5) is 5.69 Å². The van der Waals surface area contributed by atoms with Gasteiger partial charge in [-0.2, -0.15) is 5.10 Å². The van der Waals surface area contributed by atoms with Crippen LogP contribution in [0.15, 0.2) is 60.8 Å². The maximum absolute atomic E-state index is 12.6. The van der Waals surface area contributed by atoms with Gasteiger partial charge in [-0.25, -0.2) is 4.68 Å². The molecular formula is C22H22N4O. The summed E-state index contributed by atoms with van der Waals surface area (Å²) in [5.74, 6) is -0.0307. The Hall–Kier alpha value is -3.34. The van der Waals surface area contributed by atoms with E-state index in [0.29, 0.717) is 6.42 Å². The van der Waals surface area contributed by atoms with Gasteiger partial charge in [0.1, 0.15) is 0 Å². The summed E-state index contributed by atoms with van der Waals surface area (Å²) in [6, 6.07) is 17.9. The smallest absolute Gasteiger partial charge is 0.228 e. The number of nitrogens with one attached hydrogen (secondary N) is 1. The first-order valence-corrected chi connectivity index (χ1v) is 8.98. The molecule has 136 valence electrons. The molecule has 0 aliphatic carbocycles. The largest absolute Gasteiger partial charge is 0.350 e. The zero-order valence-corrected chi connectivity index (χ0v) is 15.7. The highest BCUT2D eigenvalue weighted by atomic mass is 16.1. The van der Waals surface area contributed by atoms with Crippen molar-refractivity contribution in [3.63, 3.8) is 0 Å². The van der Waals surface area contributed by atoms with E-state index in [1.165, 1.54) is 0 Å². The van der Waals surface area contributed by atoms with Crippen LogP contribution in [0.25, 0.3) is 16.6 Å². The molecule has 2 heterocycles. The summed E-state index contributed by atoms with van der Waals surface area (Å²) in [7, 11) is 2.00. The number of aryl methyl sites for hydroxylation is 3. The van der Waals surface area contributed by atoms with Crippen molar-refractivity contribution < 1.29 is 4.79 Å². The van der Waals surface area contributed by atoms with Gasteiger partial charge in [-0.1, -0.05) is 24.3 Å². The molecular weight excluding hydrogens is 336 g/mol. The van der Waals surface area contributed by atoms with Crippen LogP contribution < -0.4 is 5.32 Å². The predicted octanol–water partition coefficient (Wildman–Crippen LogP) is 4.16. The van der Waals surface area contributed by atoms with E-state index in [9.17, 15) is 4.79 Å². The first kappa shape index (κ1) is 17.1. The molecule has 5 heteroatoms. The fourth-order valence-corrected chi connectivity index (χ4v) is 3.55. The zero-order valence-electron chi connectivity index (χ0n) is 15.7. The number of aromatic nitrogens is 3. The van der Waals surface area contributed by atoms with E-state index >= 15 is 0 Å². The Bertz CT molecular complexity index is 1140. The van der Waals surface area contributed by atoms with Crippen LogP contribution in [0, 0.1) is 13.8 Å². The molecule has 0 aliphatic heterocycles. The van der Waals surface area contributed by atoms with Gasteiger partial charge in [0.25, 0.3) is 0 Å². The fraction of sp³-hybridized carbons (Fsp3) is 0.182. The molecule has 0 radical (unpaired) electrons. The molecule has 0 atom stereocenters. The SMILES string of the molecule is Cc1cc(C)n(-c2cccc(NC(=O)Cc3cn(C)c4ccccc34)c2)n1. The predicted molar refractivity (Wildman–Crippen MR) is 108 cm³/mol. The van der Waals surface area contributed by atoms with Crippen molar-refractivity contribution in [2.45, 2.75) is 20.3 Å². The first-order chi connectivity index (χ1) is 13.0. The van der Waals surface area contributed by atoms with Crippen molar-refractivity contribution in [3.8, 4) is 5.69 Å². The van der Waals surface area contributed by atoms with Crippen molar-refractivity contribution in [3.05, 3.63) is 77.7 Å². The maximum atomic E-state index is 12.6. The number of amides is 1. The van der Waals surface area contributed by atoms with E-state index < -0.39 is 0 Å². The summed E-state index contributed by atoms with van der Waals surface area (Å²) in [5.41, 5.74) is 5.89. The summed E-state index contributed by atoms with van der Waals surface area (Å²) in [4.78, 5) is 12.6. The lowest BCUT2D eigenvalue weighted by Crippen LogP contribution is -2.14. The van der Waals surface area contributed by atoms with Crippen LogP contribution in [0.3, 0.4) is 0 Å². The van der Waals surface area contributed by atoms with Crippen molar-refractivity contribution in [1.29, 1.82) is 0 Å². The monoisotopic (exact) mass is 358 g/mol. The number of rotatable bonds is 4. The van der Waals surface area contributed by atoms with Gasteiger partial charge in [0.15, 0.2) is 0 Å². The van der Waals surface area contributed by atoms with E-state index in [1.54, 1.807) is 0 Å². The van der Waals surface area contributed by atoms with Crippen molar-refractivity contribution in [2.75, 3.05) is 5.32 Å².